The van der Waals surface area contributed by atoms with Crippen molar-refractivity contribution in [1.82, 2.24) is 5.32 Å². The molecule has 0 aromatic heterocycles. The van der Waals surface area contributed by atoms with Crippen LogP contribution in [0.15, 0.2) is 24.3 Å². The van der Waals surface area contributed by atoms with Crippen LogP contribution < -0.4 is 10.1 Å². The van der Waals surface area contributed by atoms with E-state index in [1.54, 1.807) is 0 Å². The lowest BCUT2D eigenvalue weighted by atomic mass is 9.91. The van der Waals surface area contributed by atoms with Crippen LogP contribution in [0.25, 0.3) is 0 Å². The molecule has 0 bridgehead atoms. The average Bonchev–Trinajstić information content (AvgIpc) is 2.41. The largest absolute Gasteiger partial charge is 0.494 e. The first kappa shape index (κ1) is 16.0. The van der Waals surface area contributed by atoms with Crippen LogP contribution in [-0.4, -0.2) is 13.2 Å². The highest BCUT2D eigenvalue weighted by Crippen LogP contribution is 2.27. The van der Waals surface area contributed by atoms with Crippen LogP contribution >= 0.6 is 0 Å². The quantitative estimate of drug-likeness (QED) is 0.705. The van der Waals surface area contributed by atoms with Crippen molar-refractivity contribution in [2.75, 3.05) is 13.2 Å². The van der Waals surface area contributed by atoms with Crippen molar-refractivity contribution >= 4 is 0 Å². The van der Waals surface area contributed by atoms with Gasteiger partial charge in [-0.3, -0.25) is 0 Å². The minimum atomic E-state index is 0.454. The number of benzene rings is 1. The van der Waals surface area contributed by atoms with Crippen LogP contribution in [0.5, 0.6) is 5.75 Å². The molecule has 2 heteroatoms. The number of hydrogen-bond donors (Lipinski definition) is 1. The van der Waals surface area contributed by atoms with Crippen LogP contribution in [0.1, 0.15) is 58.6 Å². The highest BCUT2D eigenvalue weighted by molar-refractivity contribution is 5.29. The second-order valence-corrected chi connectivity index (χ2v) is 5.20. The van der Waals surface area contributed by atoms with Crippen molar-refractivity contribution in [3.8, 4) is 5.75 Å². The van der Waals surface area contributed by atoms with Gasteiger partial charge in [-0.1, -0.05) is 39.3 Å². The Morgan fingerprint density at radius 2 is 1.74 bits per heavy atom. The Balaban J connectivity index is 2.77. The molecule has 108 valence electrons. The number of hydrogen-bond acceptors (Lipinski definition) is 2. The van der Waals surface area contributed by atoms with E-state index in [1.807, 2.05) is 6.92 Å². The predicted octanol–water partition coefficient (Wildman–Crippen LogP) is 4.56. The van der Waals surface area contributed by atoms with Crippen molar-refractivity contribution in [3.05, 3.63) is 29.8 Å². The third kappa shape index (κ3) is 5.23. The van der Waals surface area contributed by atoms with E-state index >= 15 is 0 Å². The summed E-state index contributed by atoms with van der Waals surface area (Å²) in [6.45, 7) is 10.6. The molecule has 0 amide bonds. The summed E-state index contributed by atoms with van der Waals surface area (Å²) in [5.74, 6) is 1.62. The lowest BCUT2D eigenvalue weighted by Crippen LogP contribution is -2.27. The molecule has 1 rings (SSSR count). The van der Waals surface area contributed by atoms with E-state index in [2.05, 4.69) is 50.4 Å². The highest BCUT2D eigenvalue weighted by atomic mass is 16.5. The summed E-state index contributed by atoms with van der Waals surface area (Å²) >= 11 is 0. The summed E-state index contributed by atoms with van der Waals surface area (Å²) in [6, 6.07) is 9.01. The Morgan fingerprint density at radius 1 is 1.05 bits per heavy atom. The molecule has 0 saturated carbocycles. The van der Waals surface area contributed by atoms with Gasteiger partial charge < -0.3 is 10.1 Å². The number of nitrogens with one attached hydrogen (secondary N) is 1. The molecule has 1 aromatic rings. The topological polar surface area (TPSA) is 21.3 Å². The second kappa shape index (κ2) is 8.98. The molecule has 0 heterocycles. The Morgan fingerprint density at radius 3 is 2.26 bits per heavy atom. The molecule has 0 saturated heterocycles. The maximum atomic E-state index is 5.51. The molecular weight excluding hydrogens is 234 g/mol. The van der Waals surface area contributed by atoms with E-state index in [-0.39, 0.29) is 0 Å². The molecule has 0 radical (unpaired) electrons. The molecule has 0 aliphatic heterocycles. The van der Waals surface area contributed by atoms with Crippen LogP contribution in [0.2, 0.25) is 0 Å². The van der Waals surface area contributed by atoms with Gasteiger partial charge in [0, 0.05) is 6.04 Å². The summed E-state index contributed by atoms with van der Waals surface area (Å²) in [5, 5.41) is 3.68. The molecule has 2 unspecified atom stereocenters. The minimum absolute atomic E-state index is 0.454. The summed E-state index contributed by atoms with van der Waals surface area (Å²) in [6.07, 6.45) is 3.67. The standard InChI is InChI=1S/C17H29NO/c1-5-8-14(4)17(18-13-6-2)15-9-11-16(12-10-15)19-7-3/h9-12,14,17-18H,5-8,13H2,1-4H3. The molecule has 2 nitrogen and oxygen atoms in total. The molecule has 1 aromatic carbocycles. The molecule has 0 aliphatic rings. The predicted molar refractivity (Wildman–Crippen MR) is 82.7 cm³/mol. The average molecular weight is 263 g/mol. The van der Waals surface area contributed by atoms with E-state index in [0.717, 1.165) is 18.9 Å². The van der Waals surface area contributed by atoms with E-state index in [4.69, 9.17) is 4.74 Å². The first-order valence-corrected chi connectivity index (χ1v) is 7.69. The van der Waals surface area contributed by atoms with E-state index in [0.29, 0.717) is 12.0 Å². The fourth-order valence-electron chi connectivity index (χ4n) is 2.51. The first-order chi connectivity index (χ1) is 9.22. The summed E-state index contributed by atoms with van der Waals surface area (Å²) in [4.78, 5) is 0. The van der Waals surface area contributed by atoms with Crippen molar-refractivity contribution in [1.29, 1.82) is 0 Å². The van der Waals surface area contributed by atoms with Gasteiger partial charge in [-0.2, -0.15) is 0 Å². The lowest BCUT2D eigenvalue weighted by Gasteiger charge is -2.25. The van der Waals surface area contributed by atoms with Gasteiger partial charge in [-0.15, -0.1) is 0 Å². The summed E-state index contributed by atoms with van der Waals surface area (Å²) < 4.78 is 5.51. The molecule has 0 spiro atoms. The van der Waals surface area contributed by atoms with E-state index in [9.17, 15) is 0 Å². The zero-order chi connectivity index (χ0) is 14.1. The SMILES string of the molecule is CCCNC(c1ccc(OCC)cc1)C(C)CCC. The Bertz CT molecular complexity index is 334. The van der Waals surface area contributed by atoms with Gasteiger partial charge in [0.1, 0.15) is 5.75 Å². The fraction of sp³-hybridized carbons (Fsp3) is 0.647. The van der Waals surface area contributed by atoms with E-state index in [1.165, 1.54) is 24.8 Å². The zero-order valence-electron chi connectivity index (χ0n) is 12.9. The zero-order valence-corrected chi connectivity index (χ0v) is 12.9. The molecular formula is C17H29NO. The summed E-state index contributed by atoms with van der Waals surface area (Å²) in [7, 11) is 0. The van der Waals surface area contributed by atoms with Gasteiger partial charge in [-0.25, -0.2) is 0 Å². The normalized spacial score (nSPS) is 14.1. The minimum Gasteiger partial charge on any atom is -0.494 e. The lowest BCUT2D eigenvalue weighted by molar-refractivity contribution is 0.338. The van der Waals surface area contributed by atoms with Crippen molar-refractivity contribution in [3.63, 3.8) is 0 Å². The second-order valence-electron chi connectivity index (χ2n) is 5.20. The van der Waals surface area contributed by atoms with Crippen LogP contribution in [0.4, 0.5) is 0 Å². The van der Waals surface area contributed by atoms with Gasteiger partial charge in [0.05, 0.1) is 6.61 Å². The van der Waals surface area contributed by atoms with Crippen LogP contribution in [0, 0.1) is 5.92 Å². The molecule has 0 fully saturated rings. The van der Waals surface area contributed by atoms with Gasteiger partial charge in [0.15, 0.2) is 0 Å². The molecule has 1 N–H and O–H groups in total. The molecule has 0 aliphatic carbocycles. The number of ether oxygens (including phenoxy) is 1. The van der Waals surface area contributed by atoms with Crippen LogP contribution in [0.3, 0.4) is 0 Å². The maximum Gasteiger partial charge on any atom is 0.119 e. The Kier molecular flexibility index (Phi) is 7.57. The fourth-order valence-corrected chi connectivity index (χ4v) is 2.51. The third-order valence-electron chi connectivity index (χ3n) is 3.48. The highest BCUT2D eigenvalue weighted by Gasteiger charge is 2.17. The van der Waals surface area contributed by atoms with Crippen molar-refractivity contribution < 1.29 is 4.74 Å². The monoisotopic (exact) mass is 263 g/mol. The number of rotatable bonds is 9. The van der Waals surface area contributed by atoms with E-state index < -0.39 is 0 Å². The van der Waals surface area contributed by atoms with Gasteiger partial charge in [0.2, 0.25) is 0 Å². The summed E-state index contributed by atoms with van der Waals surface area (Å²) in [5.41, 5.74) is 1.37. The van der Waals surface area contributed by atoms with Gasteiger partial charge >= 0.3 is 0 Å². The Hall–Kier alpha value is -1.02. The Labute approximate surface area is 118 Å². The molecule has 2 atom stereocenters. The van der Waals surface area contributed by atoms with Gasteiger partial charge in [0.25, 0.3) is 0 Å². The third-order valence-corrected chi connectivity index (χ3v) is 3.48. The van der Waals surface area contributed by atoms with Crippen LogP contribution in [-0.2, 0) is 0 Å². The maximum absolute atomic E-state index is 5.51. The first-order valence-electron chi connectivity index (χ1n) is 7.69. The van der Waals surface area contributed by atoms with Crippen molar-refractivity contribution in [2.45, 2.75) is 53.0 Å². The van der Waals surface area contributed by atoms with Crippen molar-refractivity contribution in [2.24, 2.45) is 5.92 Å². The van der Waals surface area contributed by atoms with Gasteiger partial charge in [-0.05, 0) is 49.9 Å². The smallest absolute Gasteiger partial charge is 0.119 e. The molecule has 19 heavy (non-hydrogen) atoms.